The van der Waals surface area contributed by atoms with Crippen LogP contribution in [-0.2, 0) is 0 Å². The number of hydrogen-bond acceptors (Lipinski definition) is 0. The molecule has 0 bridgehead atoms. The Balaban J connectivity index is 0.000000142. The lowest BCUT2D eigenvalue weighted by Crippen LogP contribution is -1.96. The summed E-state index contributed by atoms with van der Waals surface area (Å²) in [4.78, 5) is 0. The molecule has 5 heteroatoms. The van der Waals surface area contributed by atoms with Gasteiger partial charge in [0.05, 0.1) is 55.2 Å². The molecule has 0 N–H and O–H groups in total. The van der Waals surface area contributed by atoms with Crippen LogP contribution in [0.2, 0.25) is 0 Å². The molecule has 386 valence electrons. The first-order chi connectivity index (χ1) is 40.1. The van der Waals surface area contributed by atoms with Gasteiger partial charge in [-0.15, -0.1) is 0 Å². The summed E-state index contributed by atoms with van der Waals surface area (Å²) in [5, 5.41) is 12.7. The molecule has 0 unspecified atom stereocenters. The van der Waals surface area contributed by atoms with E-state index < -0.39 is 0 Å². The minimum atomic E-state index is 1.16. The number of hydrogen-bond donors (Lipinski definition) is 0. The van der Waals surface area contributed by atoms with Gasteiger partial charge >= 0.3 is 0 Å². The summed E-state index contributed by atoms with van der Waals surface area (Å²) in [6.07, 6.45) is 0. The topological polar surface area (TPSA) is 24.6 Å². The smallest absolute Gasteiger partial charge is 0.0641 e. The van der Waals surface area contributed by atoms with Crippen molar-refractivity contribution in [2.45, 2.75) is 27.7 Å². The molecule has 0 spiro atoms. The van der Waals surface area contributed by atoms with Crippen molar-refractivity contribution in [1.82, 2.24) is 22.8 Å². The lowest BCUT2D eigenvalue weighted by atomic mass is 10.1. The molecule has 5 heterocycles. The maximum atomic E-state index is 2.49. The van der Waals surface area contributed by atoms with Crippen LogP contribution in [0.5, 0.6) is 0 Å². The van der Waals surface area contributed by atoms with E-state index in [0.29, 0.717) is 0 Å². The van der Waals surface area contributed by atoms with E-state index in [1.54, 1.807) is 0 Å². The molecule has 0 amide bonds. The molecule has 17 aromatic rings. The Bertz CT molecular complexity index is 5270. The number of para-hydroxylation sites is 7. The van der Waals surface area contributed by atoms with Crippen LogP contribution in [0, 0.1) is 13.8 Å². The summed E-state index contributed by atoms with van der Waals surface area (Å²) >= 11 is 0. The van der Waals surface area contributed by atoms with Gasteiger partial charge in [-0.2, -0.15) is 0 Å². The van der Waals surface area contributed by atoms with Gasteiger partial charge in [0.2, 0.25) is 0 Å². The van der Waals surface area contributed by atoms with Crippen molar-refractivity contribution in [3.63, 3.8) is 0 Å². The minimum Gasteiger partial charge on any atom is -0.309 e. The highest BCUT2D eigenvalue weighted by Crippen LogP contribution is 2.45. The maximum absolute atomic E-state index is 2.49. The number of fused-ring (bicyclic) bond motifs is 17. The monoisotopic (exact) mass is 1040 g/mol. The van der Waals surface area contributed by atoms with Gasteiger partial charge in [-0.05, 0) is 134 Å². The van der Waals surface area contributed by atoms with Gasteiger partial charge in [0.25, 0.3) is 0 Å². The third-order valence-corrected chi connectivity index (χ3v) is 16.4. The number of nitrogens with zero attached hydrogens (tertiary/aromatic N) is 5. The third kappa shape index (κ3) is 7.39. The molecule has 17 rings (SSSR count). The second-order valence-corrected chi connectivity index (χ2v) is 21.0. The van der Waals surface area contributed by atoms with Crippen molar-refractivity contribution in [2.24, 2.45) is 0 Å². The molecule has 0 aliphatic heterocycles. The van der Waals surface area contributed by atoms with E-state index in [2.05, 4.69) is 310 Å². The molecule has 0 radical (unpaired) electrons. The Morgan fingerprint density at radius 3 is 0.963 bits per heavy atom. The normalized spacial score (nSPS) is 11.7. The average Bonchev–Trinajstić information content (AvgIpc) is 4.11. The van der Waals surface area contributed by atoms with E-state index in [1.165, 1.54) is 143 Å². The van der Waals surface area contributed by atoms with Gasteiger partial charge in [-0.3, -0.25) is 0 Å². The van der Waals surface area contributed by atoms with Crippen LogP contribution in [0.3, 0.4) is 0 Å². The molecule has 5 aromatic heterocycles. The Morgan fingerprint density at radius 2 is 0.506 bits per heavy atom. The summed E-state index contributed by atoms with van der Waals surface area (Å²) in [5.74, 6) is 0. The zero-order valence-corrected chi connectivity index (χ0v) is 45.7. The van der Waals surface area contributed by atoms with Crippen LogP contribution in [0.15, 0.2) is 273 Å². The summed E-state index contributed by atoms with van der Waals surface area (Å²) < 4.78 is 12.1. The summed E-state index contributed by atoms with van der Waals surface area (Å²) in [6.45, 7) is 8.32. The van der Waals surface area contributed by atoms with Crippen LogP contribution < -0.4 is 0 Å². The largest absolute Gasteiger partial charge is 0.309 e. The predicted octanol–water partition coefficient (Wildman–Crippen LogP) is 20.5. The van der Waals surface area contributed by atoms with E-state index in [-0.39, 0.29) is 0 Å². The standard InChI is InChI=1S/C43H29N3.C31H22N2.C2H6/c1-28-12-11-15-30(26-28)45-39-21-10-7-18-35(39)42-41(45)25-23-34-32-16-5-9-20-38(32)46(43(34)42)31-22-24-40-36(27-31)33-17-6-8-19-37(33)44(40)29-13-3-2-4-14-29;1-21-10-9-13-23(20-21)32-28-17-8-6-15-26(28)30-29(32)19-18-25-24-14-5-7-16-27(24)33(31(25)30)22-11-3-2-4-12-22;1-2/h2-27H,1H3;2-20H,1H3;1-2H3. The number of benzene rings is 12. The number of aryl methyl sites for hydroxylation is 2. The number of aromatic nitrogens is 5. The van der Waals surface area contributed by atoms with Gasteiger partial charge in [-0.25, -0.2) is 0 Å². The molecule has 0 aliphatic carbocycles. The Hall–Kier alpha value is -10.4. The second-order valence-electron chi connectivity index (χ2n) is 21.0. The van der Waals surface area contributed by atoms with Crippen molar-refractivity contribution < 1.29 is 0 Å². The highest BCUT2D eigenvalue weighted by Gasteiger charge is 2.23. The minimum absolute atomic E-state index is 1.16. The zero-order valence-electron chi connectivity index (χ0n) is 45.7. The van der Waals surface area contributed by atoms with Crippen molar-refractivity contribution in [1.29, 1.82) is 0 Å². The predicted molar refractivity (Wildman–Crippen MR) is 345 cm³/mol. The first-order valence-electron chi connectivity index (χ1n) is 28.3. The number of rotatable bonds is 5. The van der Waals surface area contributed by atoms with E-state index >= 15 is 0 Å². The summed E-state index contributed by atoms with van der Waals surface area (Å²) in [5.41, 5.74) is 20.7. The lowest BCUT2D eigenvalue weighted by Gasteiger charge is -2.11. The van der Waals surface area contributed by atoms with Crippen LogP contribution in [0.4, 0.5) is 0 Å². The van der Waals surface area contributed by atoms with Crippen molar-refractivity contribution in [2.75, 3.05) is 0 Å². The van der Waals surface area contributed by atoms with Crippen LogP contribution >= 0.6 is 0 Å². The molecule has 0 aliphatic rings. The lowest BCUT2D eigenvalue weighted by molar-refractivity contribution is 1.16. The molecule has 0 saturated carbocycles. The van der Waals surface area contributed by atoms with Crippen LogP contribution in [-0.4, -0.2) is 22.8 Å². The molecule has 81 heavy (non-hydrogen) atoms. The second kappa shape index (κ2) is 19.2. The molecule has 12 aromatic carbocycles. The highest BCUT2D eigenvalue weighted by atomic mass is 15.0. The van der Waals surface area contributed by atoms with E-state index in [9.17, 15) is 0 Å². The quantitative estimate of drug-likeness (QED) is 0.164. The van der Waals surface area contributed by atoms with Gasteiger partial charge in [0.1, 0.15) is 0 Å². The van der Waals surface area contributed by atoms with E-state index in [4.69, 9.17) is 0 Å². The molecule has 0 saturated heterocycles. The summed E-state index contributed by atoms with van der Waals surface area (Å²) in [7, 11) is 0. The Labute approximate surface area is 469 Å². The fourth-order valence-electron chi connectivity index (χ4n) is 13.2. The van der Waals surface area contributed by atoms with E-state index in [1.807, 2.05) is 13.8 Å². The first kappa shape index (κ1) is 47.8. The molecular weight excluding hydrogens is 983 g/mol. The van der Waals surface area contributed by atoms with Gasteiger partial charge in [0.15, 0.2) is 0 Å². The van der Waals surface area contributed by atoms with Crippen molar-refractivity contribution >= 4 is 109 Å². The fraction of sp³-hybridized carbons (Fsp3) is 0.0526. The Kier molecular flexibility index (Phi) is 11.3. The van der Waals surface area contributed by atoms with Crippen LogP contribution in [0.25, 0.3) is 137 Å². The Morgan fingerprint density at radius 1 is 0.198 bits per heavy atom. The first-order valence-corrected chi connectivity index (χ1v) is 28.3. The molecule has 0 fully saturated rings. The van der Waals surface area contributed by atoms with Crippen LogP contribution in [0.1, 0.15) is 25.0 Å². The maximum Gasteiger partial charge on any atom is 0.0641 e. The van der Waals surface area contributed by atoms with E-state index in [0.717, 1.165) is 5.69 Å². The molecule has 0 atom stereocenters. The zero-order chi connectivity index (χ0) is 54.3. The van der Waals surface area contributed by atoms with Crippen molar-refractivity contribution in [3.8, 4) is 28.4 Å². The van der Waals surface area contributed by atoms with Crippen molar-refractivity contribution in [3.05, 3.63) is 284 Å². The average molecular weight is 1040 g/mol. The van der Waals surface area contributed by atoms with Gasteiger partial charge < -0.3 is 22.8 Å². The van der Waals surface area contributed by atoms with Gasteiger partial charge in [0, 0.05) is 82.3 Å². The molecular formula is C76H57N5. The SMILES string of the molecule is CC.Cc1cccc(-n2c3ccccc3c3c2ccc2c4ccccc4n(-c4ccc5c(c4)c4ccccc4n5-c4ccccc4)c23)c1.Cc1cccc(-n2c3ccccc3c3c2ccc2c4ccccc4n(-c4ccccc4)c23)c1. The molecule has 5 nitrogen and oxygen atoms in total. The highest BCUT2D eigenvalue weighted by molar-refractivity contribution is 6.28. The third-order valence-electron chi connectivity index (χ3n) is 16.4. The fourth-order valence-corrected chi connectivity index (χ4v) is 13.2. The summed E-state index contributed by atoms with van der Waals surface area (Å²) in [6, 6.07) is 99.2. The van der Waals surface area contributed by atoms with Gasteiger partial charge in [-0.1, -0.05) is 178 Å².